The summed E-state index contributed by atoms with van der Waals surface area (Å²) in [6.45, 7) is 8.52. The molecular formula is C31H32O4S. The quantitative estimate of drug-likeness (QED) is 0.248. The molecule has 0 bridgehead atoms. The molecule has 0 radical (unpaired) electrons. The average molecular weight is 501 g/mol. The zero-order chi connectivity index (χ0) is 25.9. The Bertz CT molecular complexity index is 1400. The number of methoxy groups -OCH3 is 1. The van der Waals surface area contributed by atoms with Gasteiger partial charge in [0.2, 0.25) is 9.84 Å². The maximum atomic E-state index is 13.0. The molecule has 0 aromatic heterocycles. The summed E-state index contributed by atoms with van der Waals surface area (Å²) in [7, 11) is -1.92. The summed E-state index contributed by atoms with van der Waals surface area (Å²) < 4.78 is 37.3. The first-order valence-corrected chi connectivity index (χ1v) is 13.5. The Balaban J connectivity index is 1.47. The van der Waals surface area contributed by atoms with Gasteiger partial charge >= 0.3 is 0 Å². The van der Waals surface area contributed by atoms with Crippen molar-refractivity contribution in [2.24, 2.45) is 0 Å². The van der Waals surface area contributed by atoms with Crippen molar-refractivity contribution in [3.8, 4) is 17.2 Å². The first kappa shape index (κ1) is 25.5. The molecule has 0 unspecified atom stereocenters. The minimum absolute atomic E-state index is 0.186. The lowest BCUT2D eigenvalue weighted by atomic mass is 9.78. The third-order valence-corrected chi connectivity index (χ3v) is 8.40. The van der Waals surface area contributed by atoms with E-state index in [1.165, 1.54) is 5.56 Å². The van der Waals surface area contributed by atoms with Gasteiger partial charge in [-0.1, -0.05) is 64.1 Å². The summed E-state index contributed by atoms with van der Waals surface area (Å²) >= 11 is 0. The standard InChI is InChI=1S/C31H32O4S/c1-22(2)23-6-18-29(19-7-23)36(32,33)30-20-16-28(17-21-30)35-27-14-10-25(11-15-27)31(3,4)24-8-12-26(34-5)13-9-24/h6-22H,1-5H3. The normalized spacial score (nSPS) is 11.9. The van der Waals surface area contributed by atoms with E-state index < -0.39 is 9.84 Å². The van der Waals surface area contributed by atoms with E-state index in [0.717, 1.165) is 16.9 Å². The predicted molar refractivity (Wildman–Crippen MR) is 144 cm³/mol. The fourth-order valence-corrected chi connectivity index (χ4v) is 5.37. The molecule has 4 nitrogen and oxygen atoms in total. The number of benzene rings is 4. The van der Waals surface area contributed by atoms with Crippen LogP contribution in [0, 0.1) is 0 Å². The Labute approximate surface area is 214 Å². The van der Waals surface area contributed by atoms with Crippen molar-refractivity contribution in [2.45, 2.75) is 48.8 Å². The van der Waals surface area contributed by atoms with E-state index in [9.17, 15) is 8.42 Å². The molecule has 4 aromatic carbocycles. The maximum absolute atomic E-state index is 13.0. The van der Waals surface area contributed by atoms with E-state index in [-0.39, 0.29) is 15.2 Å². The molecule has 0 spiro atoms. The van der Waals surface area contributed by atoms with Crippen LogP contribution in [0.15, 0.2) is 107 Å². The van der Waals surface area contributed by atoms with Gasteiger partial charge in [0.15, 0.2) is 0 Å². The Kier molecular flexibility index (Phi) is 7.23. The molecule has 0 amide bonds. The van der Waals surface area contributed by atoms with E-state index in [1.54, 1.807) is 43.5 Å². The third kappa shape index (κ3) is 5.31. The molecule has 0 saturated heterocycles. The van der Waals surface area contributed by atoms with Gasteiger partial charge in [-0.05, 0) is 83.3 Å². The molecule has 0 fully saturated rings. The molecule has 36 heavy (non-hydrogen) atoms. The molecule has 0 aliphatic rings. The van der Waals surface area contributed by atoms with Crippen molar-refractivity contribution >= 4 is 9.84 Å². The Morgan fingerprint density at radius 1 is 0.611 bits per heavy atom. The van der Waals surface area contributed by atoms with Crippen LogP contribution in [0.5, 0.6) is 17.2 Å². The summed E-state index contributed by atoms with van der Waals surface area (Å²) in [5.41, 5.74) is 3.27. The zero-order valence-corrected chi connectivity index (χ0v) is 22.2. The number of ether oxygens (including phenoxy) is 2. The fourth-order valence-electron chi connectivity index (χ4n) is 4.10. The summed E-state index contributed by atoms with van der Waals surface area (Å²) in [5, 5.41) is 0. The van der Waals surface area contributed by atoms with Crippen molar-refractivity contribution in [1.29, 1.82) is 0 Å². The first-order chi connectivity index (χ1) is 17.1. The molecular weight excluding hydrogens is 468 g/mol. The highest BCUT2D eigenvalue weighted by Crippen LogP contribution is 2.34. The Morgan fingerprint density at radius 3 is 1.42 bits per heavy atom. The molecule has 0 heterocycles. The zero-order valence-electron chi connectivity index (χ0n) is 21.4. The van der Waals surface area contributed by atoms with Crippen molar-refractivity contribution in [3.63, 3.8) is 0 Å². The van der Waals surface area contributed by atoms with Crippen molar-refractivity contribution in [3.05, 3.63) is 114 Å². The fraction of sp³-hybridized carbons (Fsp3) is 0.226. The van der Waals surface area contributed by atoms with Gasteiger partial charge in [0.05, 0.1) is 16.9 Å². The van der Waals surface area contributed by atoms with E-state index >= 15 is 0 Å². The largest absolute Gasteiger partial charge is 0.497 e. The second-order valence-corrected chi connectivity index (χ2v) is 11.6. The van der Waals surface area contributed by atoms with Crippen LogP contribution in [0.4, 0.5) is 0 Å². The van der Waals surface area contributed by atoms with Crippen LogP contribution in [0.1, 0.15) is 50.3 Å². The van der Waals surface area contributed by atoms with E-state index in [1.807, 2.05) is 36.4 Å². The van der Waals surface area contributed by atoms with E-state index in [4.69, 9.17) is 9.47 Å². The van der Waals surface area contributed by atoms with Crippen molar-refractivity contribution in [1.82, 2.24) is 0 Å². The van der Waals surface area contributed by atoms with E-state index in [0.29, 0.717) is 17.4 Å². The molecule has 4 rings (SSSR count). The van der Waals surface area contributed by atoms with Crippen LogP contribution >= 0.6 is 0 Å². The highest BCUT2D eigenvalue weighted by molar-refractivity contribution is 7.91. The predicted octanol–water partition coefficient (Wildman–Crippen LogP) is 7.77. The first-order valence-electron chi connectivity index (χ1n) is 12.0. The van der Waals surface area contributed by atoms with Crippen molar-refractivity contribution in [2.75, 3.05) is 7.11 Å². The SMILES string of the molecule is COc1ccc(C(C)(C)c2ccc(Oc3ccc(S(=O)(=O)c4ccc(C(C)C)cc4)cc3)cc2)cc1. The second kappa shape index (κ2) is 10.2. The average Bonchev–Trinajstić information content (AvgIpc) is 2.89. The number of rotatable bonds is 8. The lowest BCUT2D eigenvalue weighted by molar-refractivity contribution is 0.414. The third-order valence-electron chi connectivity index (χ3n) is 6.61. The Morgan fingerprint density at radius 2 is 1.00 bits per heavy atom. The van der Waals surface area contributed by atoms with Crippen LogP contribution < -0.4 is 9.47 Å². The highest BCUT2D eigenvalue weighted by atomic mass is 32.2. The van der Waals surface area contributed by atoms with Crippen LogP contribution in [0.25, 0.3) is 0 Å². The van der Waals surface area contributed by atoms with E-state index in [2.05, 4.69) is 52.0 Å². The molecule has 0 N–H and O–H groups in total. The minimum atomic E-state index is -3.59. The highest BCUT2D eigenvalue weighted by Gasteiger charge is 2.23. The van der Waals surface area contributed by atoms with Gasteiger partial charge < -0.3 is 9.47 Å². The van der Waals surface area contributed by atoms with Crippen molar-refractivity contribution < 1.29 is 17.9 Å². The summed E-state index contributed by atoms with van der Waals surface area (Å²) in [5.74, 6) is 2.44. The summed E-state index contributed by atoms with van der Waals surface area (Å²) in [6, 6.07) is 29.7. The molecule has 5 heteroatoms. The van der Waals surface area contributed by atoms with Gasteiger partial charge in [0.25, 0.3) is 0 Å². The Hall–Kier alpha value is -3.57. The molecule has 0 atom stereocenters. The summed E-state index contributed by atoms with van der Waals surface area (Å²) in [4.78, 5) is 0.527. The lowest BCUT2D eigenvalue weighted by Crippen LogP contribution is -2.18. The summed E-state index contributed by atoms with van der Waals surface area (Å²) in [6.07, 6.45) is 0. The van der Waals surface area contributed by atoms with Gasteiger partial charge in [-0.15, -0.1) is 0 Å². The number of hydrogen-bond acceptors (Lipinski definition) is 4. The minimum Gasteiger partial charge on any atom is -0.497 e. The van der Waals surface area contributed by atoms with Gasteiger partial charge in [0, 0.05) is 5.41 Å². The molecule has 0 aliphatic carbocycles. The second-order valence-electron chi connectivity index (χ2n) is 9.68. The molecule has 0 aliphatic heterocycles. The van der Waals surface area contributed by atoms with Gasteiger partial charge in [-0.25, -0.2) is 8.42 Å². The topological polar surface area (TPSA) is 52.6 Å². The molecule has 186 valence electrons. The van der Waals surface area contributed by atoms with Crippen LogP contribution in [-0.2, 0) is 15.3 Å². The number of sulfone groups is 1. The molecule has 4 aromatic rings. The van der Waals surface area contributed by atoms with Gasteiger partial charge in [-0.2, -0.15) is 0 Å². The monoisotopic (exact) mass is 500 g/mol. The lowest BCUT2D eigenvalue weighted by Gasteiger charge is -2.26. The smallest absolute Gasteiger partial charge is 0.206 e. The maximum Gasteiger partial charge on any atom is 0.206 e. The van der Waals surface area contributed by atoms with Crippen LogP contribution in [0.2, 0.25) is 0 Å². The van der Waals surface area contributed by atoms with Crippen LogP contribution in [-0.4, -0.2) is 15.5 Å². The molecule has 0 saturated carbocycles. The van der Waals surface area contributed by atoms with Crippen LogP contribution in [0.3, 0.4) is 0 Å². The number of hydrogen-bond donors (Lipinski definition) is 0. The van der Waals surface area contributed by atoms with Gasteiger partial charge in [0.1, 0.15) is 17.2 Å². The van der Waals surface area contributed by atoms with Gasteiger partial charge in [-0.3, -0.25) is 0 Å².